The molecule has 0 radical (unpaired) electrons. The van der Waals surface area contributed by atoms with Crippen molar-refractivity contribution in [1.82, 2.24) is 0 Å². The Balaban J connectivity index is 3.91. The summed E-state index contributed by atoms with van der Waals surface area (Å²) in [5, 5.41) is 6.71. The van der Waals surface area contributed by atoms with Gasteiger partial charge in [-0.25, -0.2) is 0 Å². The lowest BCUT2D eigenvalue weighted by Crippen LogP contribution is -1.86. The minimum Gasteiger partial charge on any atom is -0.309 e. The Morgan fingerprint density at radius 3 is 2.30 bits per heavy atom. The molecule has 1 nitrogen and oxygen atoms in total. The molecule has 0 heterocycles. The molecule has 0 spiro atoms. The van der Waals surface area contributed by atoms with Gasteiger partial charge in [-0.3, -0.25) is 0 Å². The molecule has 0 amide bonds. The highest BCUT2D eigenvalue weighted by atomic mass is 14.3. The van der Waals surface area contributed by atoms with Crippen LogP contribution in [0.15, 0.2) is 23.8 Å². The van der Waals surface area contributed by atoms with E-state index in [1.54, 1.807) is 6.08 Å². The van der Waals surface area contributed by atoms with Crippen molar-refractivity contribution in [3.63, 3.8) is 0 Å². The average molecular weight is 137 g/mol. The van der Waals surface area contributed by atoms with Crippen LogP contribution in [-0.4, -0.2) is 6.21 Å². The van der Waals surface area contributed by atoms with Crippen LogP contribution in [0.2, 0.25) is 0 Å². The molecule has 0 unspecified atom stereocenters. The first kappa shape index (κ1) is 9.15. The van der Waals surface area contributed by atoms with Gasteiger partial charge in [0.1, 0.15) is 0 Å². The largest absolute Gasteiger partial charge is 0.309 e. The molecule has 0 aliphatic carbocycles. The lowest BCUT2D eigenvalue weighted by Gasteiger charge is -2.01. The summed E-state index contributed by atoms with van der Waals surface area (Å²) in [4.78, 5) is 0. The summed E-state index contributed by atoms with van der Waals surface area (Å²) in [6.07, 6.45) is 6.92. The highest BCUT2D eigenvalue weighted by Gasteiger charge is 1.91. The van der Waals surface area contributed by atoms with Crippen LogP contribution < -0.4 is 0 Å². The monoisotopic (exact) mass is 137 g/mol. The second-order valence-electron chi connectivity index (χ2n) is 2.62. The fraction of sp³-hybridized carbons (Fsp3) is 0.444. The van der Waals surface area contributed by atoms with Crippen LogP contribution in [0.1, 0.15) is 20.8 Å². The van der Waals surface area contributed by atoms with E-state index in [0.29, 0.717) is 5.92 Å². The Bertz CT molecular complexity index is 152. The molecule has 0 bridgehead atoms. The topological polar surface area (TPSA) is 23.9 Å². The minimum absolute atomic E-state index is 0.607. The SMILES string of the molecule is C/C(=C\C=C/C=N)C(C)C. The van der Waals surface area contributed by atoms with Crippen LogP contribution >= 0.6 is 0 Å². The van der Waals surface area contributed by atoms with E-state index in [1.165, 1.54) is 11.8 Å². The van der Waals surface area contributed by atoms with Crippen molar-refractivity contribution in [2.45, 2.75) is 20.8 Å². The first-order chi connectivity index (χ1) is 4.68. The zero-order valence-corrected chi connectivity index (χ0v) is 6.89. The lowest BCUT2D eigenvalue weighted by atomic mass is 10.1. The molecule has 0 rings (SSSR count). The fourth-order valence-electron chi connectivity index (χ4n) is 0.455. The third-order valence-electron chi connectivity index (χ3n) is 1.48. The van der Waals surface area contributed by atoms with Crippen molar-refractivity contribution in [2.24, 2.45) is 5.92 Å². The van der Waals surface area contributed by atoms with Crippen LogP contribution in [-0.2, 0) is 0 Å². The second-order valence-corrected chi connectivity index (χ2v) is 2.62. The van der Waals surface area contributed by atoms with Crippen molar-refractivity contribution >= 4 is 6.21 Å². The van der Waals surface area contributed by atoms with Crippen molar-refractivity contribution < 1.29 is 0 Å². The second kappa shape index (κ2) is 4.98. The zero-order valence-electron chi connectivity index (χ0n) is 6.89. The summed E-state index contributed by atoms with van der Waals surface area (Å²) in [5.41, 5.74) is 1.35. The van der Waals surface area contributed by atoms with Gasteiger partial charge >= 0.3 is 0 Å². The summed E-state index contributed by atoms with van der Waals surface area (Å²) in [7, 11) is 0. The molecule has 0 saturated heterocycles. The van der Waals surface area contributed by atoms with Gasteiger partial charge in [-0.05, 0) is 18.9 Å². The van der Waals surface area contributed by atoms with Gasteiger partial charge in [-0.15, -0.1) is 0 Å². The molecule has 10 heavy (non-hydrogen) atoms. The standard InChI is InChI=1S/C9H15N/c1-8(2)9(3)6-4-5-7-10/h4-8,10H,1-3H3/b5-4-,9-6+,10-7?. The summed E-state index contributed by atoms with van der Waals surface area (Å²) in [6, 6.07) is 0. The van der Waals surface area contributed by atoms with Gasteiger partial charge in [0.25, 0.3) is 0 Å². The van der Waals surface area contributed by atoms with E-state index in [2.05, 4.69) is 20.8 Å². The maximum Gasteiger partial charge on any atom is 0.0177 e. The lowest BCUT2D eigenvalue weighted by molar-refractivity contribution is 0.769. The van der Waals surface area contributed by atoms with Gasteiger partial charge < -0.3 is 5.41 Å². The van der Waals surface area contributed by atoms with Crippen molar-refractivity contribution in [3.05, 3.63) is 23.8 Å². The van der Waals surface area contributed by atoms with Crippen LogP contribution in [0, 0.1) is 11.3 Å². The van der Waals surface area contributed by atoms with E-state index in [1.807, 2.05) is 12.2 Å². The molecule has 0 fully saturated rings. The highest BCUT2D eigenvalue weighted by molar-refractivity contribution is 5.68. The van der Waals surface area contributed by atoms with Crippen LogP contribution in [0.3, 0.4) is 0 Å². The van der Waals surface area contributed by atoms with E-state index in [4.69, 9.17) is 5.41 Å². The predicted octanol–water partition coefficient (Wildman–Crippen LogP) is 2.79. The molecule has 0 atom stereocenters. The molecule has 1 N–H and O–H groups in total. The van der Waals surface area contributed by atoms with Gasteiger partial charge in [0, 0.05) is 6.21 Å². The summed E-state index contributed by atoms with van der Waals surface area (Å²) in [5.74, 6) is 0.607. The molecular formula is C9H15N. The number of allylic oxidation sites excluding steroid dienone is 4. The molecule has 0 saturated carbocycles. The number of rotatable bonds is 3. The molecule has 0 aromatic heterocycles. The molecule has 0 aromatic rings. The average Bonchev–Trinajstić information content (AvgIpc) is 1.88. The van der Waals surface area contributed by atoms with Gasteiger partial charge in [0.15, 0.2) is 0 Å². The van der Waals surface area contributed by atoms with E-state index in [9.17, 15) is 0 Å². The molecular weight excluding hydrogens is 122 g/mol. The minimum atomic E-state index is 0.607. The summed E-state index contributed by atoms with van der Waals surface area (Å²) in [6.45, 7) is 6.41. The summed E-state index contributed by atoms with van der Waals surface area (Å²) >= 11 is 0. The Labute approximate surface area is 63.0 Å². The Morgan fingerprint density at radius 1 is 1.30 bits per heavy atom. The van der Waals surface area contributed by atoms with E-state index in [0.717, 1.165) is 0 Å². The molecule has 0 aliphatic heterocycles. The van der Waals surface area contributed by atoms with Gasteiger partial charge in [-0.1, -0.05) is 31.6 Å². The van der Waals surface area contributed by atoms with Gasteiger partial charge in [0.2, 0.25) is 0 Å². The third kappa shape index (κ3) is 4.07. The summed E-state index contributed by atoms with van der Waals surface area (Å²) < 4.78 is 0. The van der Waals surface area contributed by atoms with E-state index >= 15 is 0 Å². The predicted molar refractivity (Wildman–Crippen MR) is 46.5 cm³/mol. The van der Waals surface area contributed by atoms with Gasteiger partial charge in [0.05, 0.1) is 0 Å². The first-order valence-electron chi connectivity index (χ1n) is 3.52. The number of hydrogen-bond acceptors (Lipinski definition) is 1. The van der Waals surface area contributed by atoms with Crippen molar-refractivity contribution in [2.75, 3.05) is 0 Å². The third-order valence-corrected chi connectivity index (χ3v) is 1.48. The normalized spacial score (nSPS) is 13.0. The Kier molecular flexibility index (Phi) is 4.55. The smallest absolute Gasteiger partial charge is 0.0177 e. The molecule has 0 aliphatic rings. The first-order valence-corrected chi connectivity index (χ1v) is 3.52. The van der Waals surface area contributed by atoms with E-state index in [-0.39, 0.29) is 0 Å². The number of nitrogens with one attached hydrogen (secondary N) is 1. The molecule has 1 heteroatoms. The molecule has 56 valence electrons. The maximum atomic E-state index is 6.71. The Hall–Kier alpha value is -0.850. The maximum absolute atomic E-state index is 6.71. The van der Waals surface area contributed by atoms with Crippen LogP contribution in [0.4, 0.5) is 0 Å². The van der Waals surface area contributed by atoms with Crippen molar-refractivity contribution in [1.29, 1.82) is 5.41 Å². The van der Waals surface area contributed by atoms with E-state index < -0.39 is 0 Å². The zero-order chi connectivity index (χ0) is 7.98. The highest BCUT2D eigenvalue weighted by Crippen LogP contribution is 2.06. The Morgan fingerprint density at radius 2 is 1.90 bits per heavy atom. The van der Waals surface area contributed by atoms with Crippen LogP contribution in [0.25, 0.3) is 0 Å². The van der Waals surface area contributed by atoms with Gasteiger partial charge in [-0.2, -0.15) is 0 Å². The molecule has 0 aromatic carbocycles. The fourth-order valence-corrected chi connectivity index (χ4v) is 0.455. The quantitative estimate of drug-likeness (QED) is 0.457. The van der Waals surface area contributed by atoms with Crippen molar-refractivity contribution in [3.8, 4) is 0 Å². The van der Waals surface area contributed by atoms with Crippen LogP contribution in [0.5, 0.6) is 0 Å². The number of hydrogen-bond donors (Lipinski definition) is 1.